The molecule has 1 aliphatic rings. The number of ketones is 1. The third-order valence-corrected chi connectivity index (χ3v) is 4.11. The summed E-state index contributed by atoms with van der Waals surface area (Å²) in [6.07, 6.45) is 2.36. The van der Waals surface area contributed by atoms with Crippen molar-refractivity contribution >= 4 is 17.1 Å². The van der Waals surface area contributed by atoms with E-state index in [4.69, 9.17) is 10.1 Å². The van der Waals surface area contributed by atoms with E-state index in [1.54, 1.807) is 6.92 Å². The highest BCUT2D eigenvalue weighted by Crippen LogP contribution is 2.17. The number of rotatable bonds is 3. The van der Waals surface area contributed by atoms with Crippen LogP contribution in [0.5, 0.6) is 0 Å². The van der Waals surface area contributed by atoms with Crippen molar-refractivity contribution < 1.29 is 9.53 Å². The quantitative estimate of drug-likeness (QED) is 0.818. The van der Waals surface area contributed by atoms with Crippen LogP contribution < -0.4 is 4.80 Å². The van der Waals surface area contributed by atoms with Gasteiger partial charge in [-0.2, -0.15) is 0 Å². The van der Waals surface area contributed by atoms with Crippen LogP contribution in [0, 0.1) is 12.3 Å². The lowest BCUT2D eigenvalue weighted by Crippen LogP contribution is -2.23. The van der Waals surface area contributed by atoms with Gasteiger partial charge in [0.1, 0.15) is 0 Å². The molecular weight excluding hydrogens is 224 g/mol. The summed E-state index contributed by atoms with van der Waals surface area (Å²) >= 11 is 1.26. The minimum Gasteiger partial charge on any atom is -0.376 e. The molecule has 1 aromatic heterocycles. The van der Waals surface area contributed by atoms with Gasteiger partial charge in [0.2, 0.25) is 0 Å². The van der Waals surface area contributed by atoms with Crippen LogP contribution in [0.3, 0.4) is 0 Å². The van der Waals surface area contributed by atoms with E-state index >= 15 is 0 Å². The van der Waals surface area contributed by atoms with Crippen LogP contribution in [0.4, 0.5) is 0 Å². The Morgan fingerprint density at radius 2 is 2.44 bits per heavy atom. The summed E-state index contributed by atoms with van der Waals surface area (Å²) in [5.74, 6) is 0.0436. The molecule has 2 heterocycles. The van der Waals surface area contributed by atoms with Crippen LogP contribution in [0.2, 0.25) is 0 Å². The molecule has 0 spiro atoms. The van der Waals surface area contributed by atoms with Gasteiger partial charge < -0.3 is 9.30 Å². The van der Waals surface area contributed by atoms with Crippen molar-refractivity contribution in [3.8, 4) is 0 Å². The van der Waals surface area contributed by atoms with Crippen LogP contribution in [-0.2, 0) is 11.3 Å². The van der Waals surface area contributed by atoms with E-state index in [-0.39, 0.29) is 11.9 Å². The number of carbonyl (C=O) groups is 1. The summed E-state index contributed by atoms with van der Waals surface area (Å²) in [6, 6.07) is 0. The molecule has 0 amide bonds. The molecule has 88 valence electrons. The third-order valence-electron chi connectivity index (χ3n) is 2.91. The number of Topliss-reactive ketones (excluding diaryl/α,β-unsaturated/α-hetero) is 1. The highest BCUT2D eigenvalue weighted by molar-refractivity contribution is 7.11. The zero-order valence-electron chi connectivity index (χ0n) is 9.58. The first kappa shape index (κ1) is 11.5. The summed E-state index contributed by atoms with van der Waals surface area (Å²) in [5, 5.41) is 7.86. The molecule has 1 N–H and O–H groups in total. The molecule has 4 nitrogen and oxygen atoms in total. The van der Waals surface area contributed by atoms with Crippen LogP contribution in [-0.4, -0.2) is 23.1 Å². The molecule has 2 rings (SSSR count). The lowest BCUT2D eigenvalue weighted by molar-refractivity contribution is 0.0952. The zero-order valence-corrected chi connectivity index (χ0v) is 10.4. The first-order chi connectivity index (χ1) is 7.59. The molecule has 0 aromatic carbocycles. The molecule has 1 aromatic rings. The highest BCUT2D eigenvalue weighted by atomic mass is 32.1. The Morgan fingerprint density at radius 1 is 1.69 bits per heavy atom. The molecule has 1 saturated heterocycles. The van der Waals surface area contributed by atoms with Gasteiger partial charge in [0.15, 0.2) is 10.6 Å². The lowest BCUT2D eigenvalue weighted by Gasteiger charge is -2.11. The van der Waals surface area contributed by atoms with Crippen molar-refractivity contribution in [3.63, 3.8) is 0 Å². The molecule has 1 atom stereocenters. The van der Waals surface area contributed by atoms with Gasteiger partial charge in [-0.1, -0.05) is 11.3 Å². The van der Waals surface area contributed by atoms with Crippen LogP contribution in [0.1, 0.15) is 35.1 Å². The molecule has 0 aliphatic carbocycles. The number of thiazole rings is 1. The minimum absolute atomic E-state index is 0.0436. The van der Waals surface area contributed by atoms with E-state index in [0.29, 0.717) is 16.2 Å². The maximum atomic E-state index is 11.4. The van der Waals surface area contributed by atoms with E-state index in [9.17, 15) is 4.79 Å². The van der Waals surface area contributed by atoms with Crippen LogP contribution in [0.15, 0.2) is 0 Å². The van der Waals surface area contributed by atoms with E-state index < -0.39 is 0 Å². The molecular formula is C11H16N2O2S. The molecule has 0 bridgehead atoms. The second-order valence-electron chi connectivity index (χ2n) is 4.12. The number of hydrogen-bond acceptors (Lipinski definition) is 4. The fourth-order valence-corrected chi connectivity index (χ4v) is 2.96. The Balaban J connectivity index is 2.26. The summed E-state index contributed by atoms with van der Waals surface area (Å²) in [5.41, 5.74) is 0.901. The predicted molar refractivity (Wildman–Crippen MR) is 61.9 cm³/mol. The number of ether oxygens (including phenoxy) is 1. The van der Waals surface area contributed by atoms with Gasteiger partial charge in [0, 0.05) is 19.2 Å². The number of hydrogen-bond donors (Lipinski definition) is 1. The van der Waals surface area contributed by atoms with Crippen molar-refractivity contribution in [2.45, 2.75) is 39.3 Å². The predicted octanol–water partition coefficient (Wildman–Crippen LogP) is 1.72. The number of carbonyl (C=O) groups excluding carboxylic acids is 1. The van der Waals surface area contributed by atoms with Crippen molar-refractivity contribution in [3.05, 3.63) is 15.4 Å². The smallest absolute Gasteiger partial charge is 0.182 e. The molecule has 16 heavy (non-hydrogen) atoms. The molecule has 0 radical (unpaired) electrons. The third kappa shape index (κ3) is 2.10. The summed E-state index contributed by atoms with van der Waals surface area (Å²) in [4.78, 5) is 12.5. The second-order valence-corrected chi connectivity index (χ2v) is 5.12. The maximum Gasteiger partial charge on any atom is 0.182 e. The highest BCUT2D eigenvalue weighted by Gasteiger charge is 2.19. The minimum atomic E-state index is 0.0436. The SMILES string of the molecule is CC(=O)c1sc(=N)n(CC2CCCO2)c1C. The summed E-state index contributed by atoms with van der Waals surface area (Å²) in [7, 11) is 0. The van der Waals surface area contributed by atoms with E-state index in [1.807, 2.05) is 11.5 Å². The molecule has 0 saturated carbocycles. The van der Waals surface area contributed by atoms with Gasteiger partial charge in [-0.3, -0.25) is 10.2 Å². The zero-order chi connectivity index (χ0) is 11.7. The average Bonchev–Trinajstić information content (AvgIpc) is 2.81. The van der Waals surface area contributed by atoms with Gasteiger partial charge in [-0.25, -0.2) is 0 Å². The molecule has 5 heteroatoms. The van der Waals surface area contributed by atoms with Crippen LogP contribution >= 0.6 is 11.3 Å². The van der Waals surface area contributed by atoms with Gasteiger partial charge in [0.05, 0.1) is 17.5 Å². The maximum absolute atomic E-state index is 11.4. The Hall–Kier alpha value is -0.940. The van der Waals surface area contributed by atoms with Crippen molar-refractivity contribution in [2.75, 3.05) is 6.61 Å². The van der Waals surface area contributed by atoms with E-state index in [1.165, 1.54) is 11.3 Å². The number of aromatic nitrogens is 1. The topological polar surface area (TPSA) is 55.1 Å². The average molecular weight is 240 g/mol. The van der Waals surface area contributed by atoms with Gasteiger partial charge in [0.25, 0.3) is 0 Å². The van der Waals surface area contributed by atoms with Crippen molar-refractivity contribution in [1.82, 2.24) is 4.57 Å². The number of nitrogens with zero attached hydrogens (tertiary/aromatic N) is 1. The standard InChI is InChI=1S/C11H16N2O2S/c1-7-10(8(2)14)16-11(12)13(7)6-9-4-3-5-15-9/h9,12H,3-6H2,1-2H3. The number of nitrogens with one attached hydrogen (secondary N) is 1. The summed E-state index contributed by atoms with van der Waals surface area (Å²) < 4.78 is 7.44. The summed E-state index contributed by atoms with van der Waals surface area (Å²) in [6.45, 7) is 4.98. The van der Waals surface area contributed by atoms with E-state index in [2.05, 4.69) is 0 Å². The first-order valence-electron chi connectivity index (χ1n) is 5.47. The van der Waals surface area contributed by atoms with E-state index in [0.717, 1.165) is 25.1 Å². The fourth-order valence-electron chi connectivity index (χ4n) is 2.04. The Morgan fingerprint density at radius 3 is 2.94 bits per heavy atom. The van der Waals surface area contributed by atoms with Crippen LogP contribution in [0.25, 0.3) is 0 Å². The Kier molecular flexibility index (Phi) is 3.25. The molecule has 1 aliphatic heterocycles. The van der Waals surface area contributed by atoms with Gasteiger partial charge >= 0.3 is 0 Å². The lowest BCUT2D eigenvalue weighted by atomic mass is 10.2. The molecule has 1 fully saturated rings. The second kappa shape index (κ2) is 4.51. The van der Waals surface area contributed by atoms with Gasteiger partial charge in [-0.15, -0.1) is 0 Å². The first-order valence-corrected chi connectivity index (χ1v) is 6.28. The Labute approximate surface area is 98.4 Å². The van der Waals surface area contributed by atoms with Crippen molar-refractivity contribution in [2.24, 2.45) is 0 Å². The monoisotopic (exact) mass is 240 g/mol. The normalized spacial score (nSPS) is 20.2. The molecule has 1 unspecified atom stereocenters. The fraction of sp³-hybridized carbons (Fsp3) is 0.636. The van der Waals surface area contributed by atoms with Crippen molar-refractivity contribution in [1.29, 1.82) is 5.41 Å². The largest absolute Gasteiger partial charge is 0.376 e. The Bertz CT molecular complexity index is 455. The van der Waals surface area contributed by atoms with Gasteiger partial charge in [-0.05, 0) is 19.8 Å².